The normalized spacial score (nSPS) is 13.3. The number of carboxylic acid groups (broad SMARTS) is 1. The first-order chi connectivity index (χ1) is 8.31. The van der Waals surface area contributed by atoms with Crippen molar-refractivity contribution in [2.24, 2.45) is 11.3 Å². The van der Waals surface area contributed by atoms with Crippen LogP contribution in [0.2, 0.25) is 0 Å². The summed E-state index contributed by atoms with van der Waals surface area (Å²) in [7, 11) is 0. The lowest BCUT2D eigenvalue weighted by Crippen LogP contribution is -2.27. The van der Waals surface area contributed by atoms with Crippen molar-refractivity contribution in [2.75, 3.05) is 11.9 Å². The van der Waals surface area contributed by atoms with Gasteiger partial charge < -0.3 is 10.4 Å². The predicted octanol–water partition coefficient (Wildman–Crippen LogP) is 3.25. The van der Waals surface area contributed by atoms with E-state index in [4.69, 9.17) is 0 Å². The number of aromatic nitrogens is 1. The van der Waals surface area contributed by atoms with Crippen molar-refractivity contribution in [2.45, 2.75) is 40.5 Å². The van der Waals surface area contributed by atoms with E-state index in [1.54, 1.807) is 0 Å². The summed E-state index contributed by atoms with van der Waals surface area (Å²) in [6, 6.07) is 0. The molecule has 0 aliphatic rings. The summed E-state index contributed by atoms with van der Waals surface area (Å²) in [5.41, 5.74) is 1.06. The lowest BCUT2D eigenvalue weighted by atomic mass is 9.84. The molecule has 0 bridgehead atoms. The van der Waals surface area contributed by atoms with E-state index in [0.29, 0.717) is 13.0 Å². The molecule has 2 N–H and O–H groups in total. The molecule has 0 saturated carbocycles. The molecule has 0 amide bonds. The van der Waals surface area contributed by atoms with Gasteiger partial charge in [-0.1, -0.05) is 27.7 Å². The molecular weight excluding hydrogens is 248 g/mol. The summed E-state index contributed by atoms with van der Waals surface area (Å²) in [5.74, 6) is -1.12. The van der Waals surface area contributed by atoms with Gasteiger partial charge in [0.2, 0.25) is 0 Å². The van der Waals surface area contributed by atoms with Crippen LogP contribution in [0.25, 0.3) is 0 Å². The maximum atomic E-state index is 11.2. The van der Waals surface area contributed by atoms with E-state index in [0.717, 1.165) is 17.2 Å². The Morgan fingerprint density at radius 2 is 2.22 bits per heavy atom. The Bertz CT molecular complexity index is 396. The molecule has 1 rings (SSSR count). The molecule has 1 atom stereocenters. The molecule has 5 heteroatoms. The SMILES string of the molecule is CCc1csc(NCC(CC(C)(C)C)C(=O)O)n1. The van der Waals surface area contributed by atoms with Gasteiger partial charge in [-0.3, -0.25) is 4.79 Å². The Morgan fingerprint density at radius 1 is 1.56 bits per heavy atom. The number of anilines is 1. The number of nitrogens with one attached hydrogen (secondary N) is 1. The van der Waals surface area contributed by atoms with Crippen molar-refractivity contribution >= 4 is 22.4 Å². The number of hydrogen-bond donors (Lipinski definition) is 2. The van der Waals surface area contributed by atoms with Crippen LogP contribution in [-0.2, 0) is 11.2 Å². The molecule has 0 aliphatic heterocycles. The first-order valence-electron chi connectivity index (χ1n) is 6.23. The number of thiazole rings is 1. The highest BCUT2D eigenvalue weighted by atomic mass is 32.1. The van der Waals surface area contributed by atoms with E-state index in [1.807, 2.05) is 5.38 Å². The van der Waals surface area contributed by atoms with Crippen LogP contribution in [0.15, 0.2) is 5.38 Å². The van der Waals surface area contributed by atoms with Gasteiger partial charge in [0.15, 0.2) is 5.13 Å². The Kier molecular flexibility index (Phi) is 5.14. The third kappa shape index (κ3) is 5.04. The maximum absolute atomic E-state index is 11.2. The van der Waals surface area contributed by atoms with Crippen molar-refractivity contribution in [1.82, 2.24) is 4.98 Å². The summed E-state index contributed by atoms with van der Waals surface area (Å²) >= 11 is 1.53. The zero-order chi connectivity index (χ0) is 13.8. The summed E-state index contributed by atoms with van der Waals surface area (Å²) in [6.07, 6.45) is 1.56. The molecule has 18 heavy (non-hydrogen) atoms. The molecule has 0 radical (unpaired) electrons. The molecule has 102 valence electrons. The van der Waals surface area contributed by atoms with Gasteiger partial charge in [0.05, 0.1) is 11.6 Å². The minimum atomic E-state index is -0.746. The van der Waals surface area contributed by atoms with Crippen LogP contribution in [0.4, 0.5) is 5.13 Å². The molecule has 0 fully saturated rings. The summed E-state index contributed by atoms with van der Waals surface area (Å²) in [5, 5.41) is 15.2. The zero-order valence-corrected chi connectivity index (χ0v) is 12.3. The van der Waals surface area contributed by atoms with Gasteiger partial charge in [0.1, 0.15) is 0 Å². The van der Waals surface area contributed by atoms with E-state index in [9.17, 15) is 9.90 Å². The summed E-state index contributed by atoms with van der Waals surface area (Å²) in [4.78, 5) is 15.6. The van der Waals surface area contributed by atoms with Crippen LogP contribution in [-0.4, -0.2) is 22.6 Å². The second-order valence-corrected chi connectivity index (χ2v) is 6.54. The van der Waals surface area contributed by atoms with Crippen molar-refractivity contribution in [3.05, 3.63) is 11.1 Å². The number of carbonyl (C=O) groups is 1. The van der Waals surface area contributed by atoms with Gasteiger partial charge in [-0.15, -0.1) is 11.3 Å². The number of nitrogens with zero attached hydrogens (tertiary/aromatic N) is 1. The maximum Gasteiger partial charge on any atom is 0.308 e. The molecular formula is C13H22N2O2S. The highest BCUT2D eigenvalue weighted by Crippen LogP contribution is 2.25. The molecule has 1 heterocycles. The van der Waals surface area contributed by atoms with Crippen molar-refractivity contribution < 1.29 is 9.90 Å². The molecule has 4 nitrogen and oxygen atoms in total. The monoisotopic (exact) mass is 270 g/mol. The average molecular weight is 270 g/mol. The van der Waals surface area contributed by atoms with Gasteiger partial charge in [-0.25, -0.2) is 4.98 Å². The number of hydrogen-bond acceptors (Lipinski definition) is 4. The van der Waals surface area contributed by atoms with Crippen LogP contribution < -0.4 is 5.32 Å². The highest BCUT2D eigenvalue weighted by Gasteiger charge is 2.24. The average Bonchev–Trinajstić information content (AvgIpc) is 2.70. The number of carboxylic acids is 1. The molecule has 0 aliphatic carbocycles. The molecule has 1 unspecified atom stereocenters. The predicted molar refractivity (Wildman–Crippen MR) is 75.2 cm³/mol. The van der Waals surface area contributed by atoms with Crippen LogP contribution >= 0.6 is 11.3 Å². The largest absolute Gasteiger partial charge is 0.481 e. The van der Waals surface area contributed by atoms with Crippen LogP contribution in [0.3, 0.4) is 0 Å². The second kappa shape index (κ2) is 6.18. The van der Waals surface area contributed by atoms with E-state index >= 15 is 0 Å². The van der Waals surface area contributed by atoms with E-state index in [1.165, 1.54) is 11.3 Å². The number of aliphatic carboxylic acids is 1. The highest BCUT2D eigenvalue weighted by molar-refractivity contribution is 7.13. The summed E-state index contributed by atoms with van der Waals surface area (Å²) < 4.78 is 0. The fourth-order valence-corrected chi connectivity index (χ4v) is 2.55. The molecule has 0 spiro atoms. The van der Waals surface area contributed by atoms with E-state index in [2.05, 4.69) is 38.0 Å². The standard InChI is InChI=1S/C13H22N2O2S/c1-5-10-8-18-12(15-10)14-7-9(11(16)17)6-13(2,3)4/h8-9H,5-7H2,1-4H3,(H,14,15)(H,16,17). The van der Waals surface area contributed by atoms with Gasteiger partial charge in [-0.05, 0) is 18.3 Å². The van der Waals surface area contributed by atoms with Gasteiger partial charge in [0, 0.05) is 11.9 Å². The molecule has 1 aromatic rings. The van der Waals surface area contributed by atoms with Crippen LogP contribution in [0, 0.1) is 11.3 Å². The van der Waals surface area contributed by atoms with Crippen molar-refractivity contribution in [1.29, 1.82) is 0 Å². The van der Waals surface area contributed by atoms with Crippen LogP contribution in [0.1, 0.15) is 39.8 Å². The van der Waals surface area contributed by atoms with Crippen molar-refractivity contribution in [3.63, 3.8) is 0 Å². The fourth-order valence-electron chi connectivity index (χ4n) is 1.75. The first kappa shape index (κ1) is 15.0. The van der Waals surface area contributed by atoms with Crippen LogP contribution in [0.5, 0.6) is 0 Å². The summed E-state index contributed by atoms with van der Waals surface area (Å²) in [6.45, 7) is 8.66. The minimum Gasteiger partial charge on any atom is -0.481 e. The Morgan fingerprint density at radius 3 is 2.67 bits per heavy atom. The smallest absolute Gasteiger partial charge is 0.308 e. The van der Waals surface area contributed by atoms with Crippen molar-refractivity contribution in [3.8, 4) is 0 Å². The Balaban J connectivity index is 2.54. The minimum absolute atomic E-state index is 0.0161. The fraction of sp³-hybridized carbons (Fsp3) is 0.692. The second-order valence-electron chi connectivity index (χ2n) is 5.68. The third-order valence-electron chi connectivity index (χ3n) is 2.62. The molecule has 0 saturated heterocycles. The van der Waals surface area contributed by atoms with E-state index < -0.39 is 5.97 Å². The van der Waals surface area contributed by atoms with Gasteiger partial charge in [0.25, 0.3) is 0 Å². The number of rotatable bonds is 6. The third-order valence-corrected chi connectivity index (χ3v) is 3.47. The lowest BCUT2D eigenvalue weighted by Gasteiger charge is -2.23. The molecule has 0 aromatic carbocycles. The van der Waals surface area contributed by atoms with Gasteiger partial charge in [-0.2, -0.15) is 0 Å². The lowest BCUT2D eigenvalue weighted by molar-refractivity contribution is -0.142. The van der Waals surface area contributed by atoms with Gasteiger partial charge >= 0.3 is 5.97 Å². The zero-order valence-electron chi connectivity index (χ0n) is 11.5. The Hall–Kier alpha value is -1.10. The first-order valence-corrected chi connectivity index (χ1v) is 7.11. The molecule has 1 aromatic heterocycles. The Labute approximate surface area is 112 Å². The number of aryl methyl sites for hydroxylation is 1. The topological polar surface area (TPSA) is 62.2 Å². The quantitative estimate of drug-likeness (QED) is 0.833. The van der Waals surface area contributed by atoms with E-state index in [-0.39, 0.29) is 11.3 Å².